The Bertz CT molecular complexity index is 989. The first-order valence-corrected chi connectivity index (χ1v) is 13.1. The molecule has 4 rings (SSSR count). The topological polar surface area (TPSA) is 82.2 Å². The second-order valence-corrected chi connectivity index (χ2v) is 11.4. The smallest absolute Gasteiger partial charge is 0.251 e. The summed E-state index contributed by atoms with van der Waals surface area (Å²) < 4.78 is 32.6. The summed E-state index contributed by atoms with van der Waals surface area (Å²) in [6.07, 6.45) is -3.43. The third-order valence-electron chi connectivity index (χ3n) is 7.57. The fourth-order valence-corrected chi connectivity index (χ4v) is 5.54. The normalized spacial score (nSPS) is 25.5. The highest BCUT2D eigenvalue weighted by molar-refractivity contribution is 5.99. The van der Waals surface area contributed by atoms with Crippen LogP contribution < -0.4 is 10.2 Å². The number of hydrogen-bond acceptors (Lipinski definition) is 6. The molecule has 0 saturated carbocycles. The number of benzene rings is 1. The molecule has 0 radical (unpaired) electrons. The van der Waals surface area contributed by atoms with Crippen molar-refractivity contribution in [3.63, 3.8) is 0 Å². The Hall–Kier alpha value is -2.59. The van der Waals surface area contributed by atoms with E-state index in [-0.39, 0.29) is 24.3 Å². The Morgan fingerprint density at radius 2 is 1.76 bits per heavy atom. The van der Waals surface area contributed by atoms with E-state index in [9.17, 15) is 23.2 Å². The number of Topliss-reactive ketones (excluding diaryl/α,β-unsaturated/α-hetero) is 1. The van der Waals surface area contributed by atoms with Crippen LogP contribution >= 0.6 is 0 Å². The zero-order chi connectivity index (χ0) is 26.9. The highest BCUT2D eigenvalue weighted by atomic mass is 19.3. The van der Waals surface area contributed by atoms with Crippen molar-refractivity contribution in [3.05, 3.63) is 29.8 Å². The van der Waals surface area contributed by atoms with E-state index in [2.05, 4.69) is 22.0 Å². The number of ketones is 1. The molecule has 0 aromatic heterocycles. The molecule has 0 aliphatic carbocycles. The Kier molecular flexibility index (Phi) is 8.18. The molecule has 1 aromatic rings. The van der Waals surface area contributed by atoms with E-state index in [0.717, 1.165) is 38.4 Å². The molecule has 8 nitrogen and oxygen atoms in total. The Morgan fingerprint density at radius 1 is 1.11 bits per heavy atom. The van der Waals surface area contributed by atoms with Gasteiger partial charge in [0.05, 0.1) is 12.0 Å². The minimum Gasteiger partial charge on any atom is -0.369 e. The molecular formula is C27H38F2N4O4. The van der Waals surface area contributed by atoms with Crippen molar-refractivity contribution in [2.24, 2.45) is 11.3 Å². The Balaban J connectivity index is 1.47. The van der Waals surface area contributed by atoms with E-state index in [1.54, 1.807) is 12.1 Å². The van der Waals surface area contributed by atoms with E-state index in [0.29, 0.717) is 12.0 Å². The molecule has 37 heavy (non-hydrogen) atoms. The van der Waals surface area contributed by atoms with Crippen molar-refractivity contribution in [3.8, 4) is 0 Å². The van der Waals surface area contributed by atoms with Gasteiger partial charge in [0.25, 0.3) is 5.91 Å². The number of nitrogens with one attached hydrogen (secondary N) is 1. The molecule has 3 heterocycles. The van der Waals surface area contributed by atoms with Gasteiger partial charge in [-0.05, 0) is 42.6 Å². The average molecular weight is 521 g/mol. The van der Waals surface area contributed by atoms with E-state index >= 15 is 0 Å². The first-order chi connectivity index (χ1) is 17.5. The number of carbonyl (C=O) groups is 3. The van der Waals surface area contributed by atoms with Crippen LogP contribution in [0, 0.1) is 11.3 Å². The second-order valence-electron chi connectivity index (χ2n) is 11.4. The van der Waals surface area contributed by atoms with Gasteiger partial charge in [0, 0.05) is 44.0 Å². The van der Waals surface area contributed by atoms with Gasteiger partial charge < -0.3 is 24.8 Å². The predicted octanol–water partition coefficient (Wildman–Crippen LogP) is 2.42. The van der Waals surface area contributed by atoms with Gasteiger partial charge in [-0.3, -0.25) is 14.4 Å². The number of hydrogen-bond donors (Lipinski definition) is 1. The molecule has 0 spiro atoms. The summed E-state index contributed by atoms with van der Waals surface area (Å²) in [7, 11) is 0. The Morgan fingerprint density at radius 3 is 2.32 bits per heavy atom. The van der Waals surface area contributed by atoms with Crippen LogP contribution in [-0.2, 0) is 14.3 Å². The van der Waals surface area contributed by atoms with Crippen LogP contribution in [0.25, 0.3) is 0 Å². The number of likely N-dealkylation sites (tertiary alicyclic amines) is 1. The highest BCUT2D eigenvalue weighted by Gasteiger charge is 2.55. The summed E-state index contributed by atoms with van der Waals surface area (Å²) in [5, 5.41) is 2.83. The molecule has 2 amide bonds. The molecule has 3 aliphatic heterocycles. The van der Waals surface area contributed by atoms with Crippen LogP contribution in [0.5, 0.6) is 0 Å². The molecular weight excluding hydrogens is 482 g/mol. The number of piperazine rings is 1. The number of fused-ring (bicyclic) bond motifs is 1. The van der Waals surface area contributed by atoms with Crippen LogP contribution in [0.1, 0.15) is 44.5 Å². The van der Waals surface area contributed by atoms with Crippen molar-refractivity contribution >= 4 is 23.3 Å². The third kappa shape index (κ3) is 6.12. The maximum absolute atomic E-state index is 13.6. The minimum atomic E-state index is -2.71. The lowest BCUT2D eigenvalue weighted by molar-refractivity contribution is -0.138. The minimum absolute atomic E-state index is 0.270. The summed E-state index contributed by atoms with van der Waals surface area (Å²) in [5.74, 6) is -2.54. The fraction of sp³-hybridized carbons (Fsp3) is 0.667. The lowest BCUT2D eigenvalue weighted by atomic mass is 9.87. The number of alkyl halides is 2. The average Bonchev–Trinajstić information content (AvgIpc) is 3.43. The molecule has 3 saturated heterocycles. The summed E-state index contributed by atoms with van der Waals surface area (Å²) in [6, 6.07) is 5.30. The quantitative estimate of drug-likeness (QED) is 0.595. The van der Waals surface area contributed by atoms with Crippen LogP contribution in [0.15, 0.2) is 24.3 Å². The standard InChI is InChI=1S/C27H38F2N4O4/c1-5-31-10-12-32(13-11-31)18-8-6-17(7-9-18)25(35)30-20(14-27(2,3)4)26(36)33-15-19(24(28)29)23-22(33)21(34)16-37-23/h6-9,19-20,22-24H,5,10-16H2,1-4H3,(H,30,35)/t19-,20?,22+,23+/m0/s1. The summed E-state index contributed by atoms with van der Waals surface area (Å²) in [6.45, 7) is 12.3. The van der Waals surface area contributed by atoms with Gasteiger partial charge in [0.1, 0.15) is 18.7 Å². The molecule has 1 N–H and O–H groups in total. The zero-order valence-corrected chi connectivity index (χ0v) is 22.1. The number of amides is 2. The monoisotopic (exact) mass is 520 g/mol. The van der Waals surface area contributed by atoms with Crippen LogP contribution in [0.4, 0.5) is 14.5 Å². The van der Waals surface area contributed by atoms with Crippen molar-refractivity contribution < 1.29 is 27.9 Å². The third-order valence-corrected chi connectivity index (χ3v) is 7.57. The summed E-state index contributed by atoms with van der Waals surface area (Å²) in [4.78, 5) is 45.1. The van der Waals surface area contributed by atoms with Gasteiger partial charge in [-0.1, -0.05) is 27.7 Å². The molecule has 3 fully saturated rings. The van der Waals surface area contributed by atoms with Crippen LogP contribution in [-0.4, -0.2) is 97.9 Å². The van der Waals surface area contributed by atoms with Crippen molar-refractivity contribution in [2.75, 3.05) is 50.8 Å². The van der Waals surface area contributed by atoms with Crippen LogP contribution in [0.3, 0.4) is 0 Å². The highest BCUT2D eigenvalue weighted by Crippen LogP contribution is 2.36. The van der Waals surface area contributed by atoms with Crippen molar-refractivity contribution in [1.29, 1.82) is 0 Å². The number of nitrogens with zero attached hydrogens (tertiary/aromatic N) is 3. The van der Waals surface area contributed by atoms with Crippen LogP contribution in [0.2, 0.25) is 0 Å². The second kappa shape index (κ2) is 11.0. The van der Waals surface area contributed by atoms with Gasteiger partial charge in [0.15, 0.2) is 5.78 Å². The van der Waals surface area contributed by atoms with Gasteiger partial charge >= 0.3 is 0 Å². The molecule has 10 heteroatoms. The molecule has 1 unspecified atom stereocenters. The molecule has 4 atom stereocenters. The van der Waals surface area contributed by atoms with E-state index in [1.165, 1.54) is 4.90 Å². The largest absolute Gasteiger partial charge is 0.369 e. The molecule has 1 aromatic carbocycles. The van der Waals surface area contributed by atoms with Gasteiger partial charge in [-0.2, -0.15) is 0 Å². The van der Waals surface area contributed by atoms with Crippen molar-refractivity contribution in [1.82, 2.24) is 15.1 Å². The first kappa shape index (κ1) is 27.4. The van der Waals surface area contributed by atoms with Gasteiger partial charge in [-0.25, -0.2) is 8.78 Å². The fourth-order valence-electron chi connectivity index (χ4n) is 5.54. The predicted molar refractivity (Wildman–Crippen MR) is 136 cm³/mol. The lowest BCUT2D eigenvalue weighted by Crippen LogP contribution is -2.53. The SMILES string of the molecule is CCN1CCN(c2ccc(C(=O)NC(CC(C)(C)C)C(=O)N3C[C@H](C(F)F)[C@H]4OCC(=O)[C@H]43)cc2)CC1. The van der Waals surface area contributed by atoms with E-state index < -0.39 is 42.3 Å². The Labute approximate surface area is 217 Å². The maximum Gasteiger partial charge on any atom is 0.251 e. The summed E-state index contributed by atoms with van der Waals surface area (Å²) >= 11 is 0. The number of likely N-dealkylation sites (N-methyl/N-ethyl adjacent to an activating group) is 1. The van der Waals surface area contributed by atoms with E-state index in [4.69, 9.17) is 4.74 Å². The summed E-state index contributed by atoms with van der Waals surface area (Å²) in [5.41, 5.74) is 1.11. The zero-order valence-electron chi connectivity index (χ0n) is 22.1. The van der Waals surface area contributed by atoms with Gasteiger partial charge in [-0.15, -0.1) is 0 Å². The van der Waals surface area contributed by atoms with Crippen molar-refractivity contribution in [2.45, 2.75) is 58.7 Å². The molecule has 3 aliphatic rings. The van der Waals surface area contributed by atoms with E-state index in [1.807, 2.05) is 32.9 Å². The molecule has 204 valence electrons. The van der Waals surface area contributed by atoms with Gasteiger partial charge in [0.2, 0.25) is 12.3 Å². The lowest BCUT2D eigenvalue weighted by Gasteiger charge is -2.35. The number of rotatable bonds is 7. The first-order valence-electron chi connectivity index (χ1n) is 13.1. The molecule has 0 bridgehead atoms. The number of halogens is 2. The number of anilines is 1. The maximum atomic E-state index is 13.6. The number of carbonyl (C=O) groups excluding carboxylic acids is 3. The number of ether oxygens (including phenoxy) is 1.